The highest BCUT2D eigenvalue weighted by molar-refractivity contribution is 14.1. The van der Waals surface area contributed by atoms with Crippen LogP contribution in [0.2, 0.25) is 0 Å². The molecule has 1 rings (SSSR count). The molecule has 19 heavy (non-hydrogen) atoms. The molecule has 0 saturated carbocycles. The number of nitro groups is 1. The summed E-state index contributed by atoms with van der Waals surface area (Å²) in [4.78, 5) is 23.7. The van der Waals surface area contributed by atoms with Crippen LogP contribution >= 0.6 is 22.6 Å². The minimum atomic E-state index is -0.440. The zero-order valence-electron chi connectivity index (χ0n) is 10.9. The second-order valence-electron chi connectivity index (χ2n) is 4.19. The van der Waals surface area contributed by atoms with E-state index in [2.05, 4.69) is 4.74 Å². The second kappa shape index (κ2) is 6.69. The molecule has 0 aromatic heterocycles. The van der Waals surface area contributed by atoms with Gasteiger partial charge in [-0.05, 0) is 48.6 Å². The van der Waals surface area contributed by atoms with Crippen LogP contribution in [0.5, 0.6) is 0 Å². The van der Waals surface area contributed by atoms with Gasteiger partial charge in [0.25, 0.3) is 5.69 Å². The number of esters is 1. The summed E-state index contributed by atoms with van der Waals surface area (Å²) in [5.74, 6) is -0.429. The zero-order valence-corrected chi connectivity index (χ0v) is 13.1. The van der Waals surface area contributed by atoms with Crippen molar-refractivity contribution in [1.82, 2.24) is 0 Å². The Bertz CT molecular complexity index is 491. The Morgan fingerprint density at radius 1 is 1.53 bits per heavy atom. The van der Waals surface area contributed by atoms with Crippen molar-refractivity contribution in [2.24, 2.45) is 0 Å². The van der Waals surface area contributed by atoms with Gasteiger partial charge in [-0.1, -0.05) is 0 Å². The summed E-state index contributed by atoms with van der Waals surface area (Å²) < 4.78 is 5.40. The van der Waals surface area contributed by atoms with Crippen LogP contribution in [0.15, 0.2) is 18.2 Å². The molecule has 0 bridgehead atoms. The van der Waals surface area contributed by atoms with Gasteiger partial charge in [-0.2, -0.15) is 0 Å². The lowest BCUT2D eigenvalue weighted by Gasteiger charge is -2.27. The molecular formula is C12H15IN2O4. The monoisotopic (exact) mass is 378 g/mol. The quantitative estimate of drug-likeness (QED) is 0.341. The Hall–Kier alpha value is -1.38. The van der Waals surface area contributed by atoms with Gasteiger partial charge in [0.05, 0.1) is 12.0 Å². The van der Waals surface area contributed by atoms with Crippen molar-refractivity contribution < 1.29 is 14.5 Å². The molecule has 1 aromatic carbocycles. The maximum atomic E-state index is 11.4. The van der Waals surface area contributed by atoms with E-state index in [1.807, 2.05) is 36.4 Å². The molecule has 0 unspecified atom stereocenters. The van der Waals surface area contributed by atoms with Crippen LogP contribution in [-0.4, -0.2) is 30.6 Å². The molecule has 0 fully saturated rings. The van der Waals surface area contributed by atoms with Crippen LogP contribution in [0.1, 0.15) is 13.8 Å². The van der Waals surface area contributed by atoms with Crippen LogP contribution in [-0.2, 0) is 9.53 Å². The summed E-state index contributed by atoms with van der Waals surface area (Å²) in [5.41, 5.74) is 0.412. The molecule has 0 radical (unpaired) electrons. The number of methoxy groups -OCH3 is 1. The maximum absolute atomic E-state index is 11.4. The fraction of sp³-hybridized carbons (Fsp3) is 0.417. The third-order valence-corrected chi connectivity index (χ3v) is 3.27. The standard InChI is InChI=1S/C12H15IN2O4/c1-8(2)14(7-12(16)19-3)10-5-4-9(13)6-11(10)15(17)18/h4-6,8H,7H2,1-3H3. The first kappa shape index (κ1) is 15.7. The fourth-order valence-corrected chi connectivity index (χ4v) is 2.11. The van der Waals surface area contributed by atoms with Crippen molar-refractivity contribution >= 4 is 39.9 Å². The normalized spacial score (nSPS) is 10.4. The molecule has 0 saturated heterocycles. The van der Waals surface area contributed by atoms with Gasteiger partial charge >= 0.3 is 5.97 Å². The molecule has 104 valence electrons. The third kappa shape index (κ3) is 4.05. The highest BCUT2D eigenvalue weighted by Crippen LogP contribution is 2.31. The summed E-state index contributed by atoms with van der Waals surface area (Å²) in [6.07, 6.45) is 0. The van der Waals surface area contributed by atoms with Crippen molar-refractivity contribution in [2.45, 2.75) is 19.9 Å². The summed E-state index contributed by atoms with van der Waals surface area (Å²) in [7, 11) is 1.29. The number of benzene rings is 1. The van der Waals surface area contributed by atoms with E-state index < -0.39 is 10.9 Å². The molecule has 0 aliphatic heterocycles. The van der Waals surface area contributed by atoms with E-state index in [-0.39, 0.29) is 18.3 Å². The first-order valence-corrected chi connectivity index (χ1v) is 6.72. The molecule has 0 aliphatic rings. The lowest BCUT2D eigenvalue weighted by atomic mass is 10.2. The summed E-state index contributed by atoms with van der Waals surface area (Å²) >= 11 is 2.01. The average Bonchev–Trinajstić information content (AvgIpc) is 2.35. The molecule has 0 N–H and O–H groups in total. The number of nitro benzene ring substituents is 1. The lowest BCUT2D eigenvalue weighted by molar-refractivity contribution is -0.384. The van der Waals surface area contributed by atoms with Gasteiger partial charge in [-0.3, -0.25) is 14.9 Å². The van der Waals surface area contributed by atoms with Crippen molar-refractivity contribution in [3.8, 4) is 0 Å². The molecule has 0 spiro atoms. The number of ether oxygens (including phenoxy) is 1. The first-order valence-electron chi connectivity index (χ1n) is 5.64. The highest BCUT2D eigenvalue weighted by Gasteiger charge is 2.23. The van der Waals surface area contributed by atoms with E-state index >= 15 is 0 Å². The van der Waals surface area contributed by atoms with Gasteiger partial charge in [-0.25, -0.2) is 0 Å². The van der Waals surface area contributed by atoms with Crippen LogP contribution in [0.25, 0.3) is 0 Å². The highest BCUT2D eigenvalue weighted by atomic mass is 127. The van der Waals surface area contributed by atoms with Crippen LogP contribution in [0.4, 0.5) is 11.4 Å². The van der Waals surface area contributed by atoms with Crippen LogP contribution < -0.4 is 4.90 Å². The van der Waals surface area contributed by atoms with Gasteiger partial charge in [0, 0.05) is 15.7 Å². The van der Waals surface area contributed by atoms with E-state index in [9.17, 15) is 14.9 Å². The first-order chi connectivity index (χ1) is 8.86. The summed E-state index contributed by atoms with van der Waals surface area (Å²) in [6, 6.07) is 4.86. The Morgan fingerprint density at radius 3 is 2.63 bits per heavy atom. The molecular weight excluding hydrogens is 363 g/mol. The molecule has 6 nitrogen and oxygen atoms in total. The van der Waals surface area contributed by atoms with Gasteiger partial charge in [-0.15, -0.1) is 0 Å². The lowest BCUT2D eigenvalue weighted by Crippen LogP contribution is -2.36. The number of carbonyl (C=O) groups excluding carboxylic acids is 1. The van der Waals surface area contributed by atoms with E-state index in [1.54, 1.807) is 17.0 Å². The molecule has 0 atom stereocenters. The van der Waals surface area contributed by atoms with Gasteiger partial charge in [0.1, 0.15) is 12.2 Å². The fourth-order valence-electron chi connectivity index (χ4n) is 1.64. The number of halogens is 1. The van der Waals surface area contributed by atoms with Crippen molar-refractivity contribution in [1.29, 1.82) is 0 Å². The number of anilines is 1. The Morgan fingerprint density at radius 2 is 2.16 bits per heavy atom. The van der Waals surface area contributed by atoms with E-state index in [1.165, 1.54) is 13.2 Å². The smallest absolute Gasteiger partial charge is 0.325 e. The van der Waals surface area contributed by atoms with Gasteiger partial charge in [0.2, 0.25) is 0 Å². The SMILES string of the molecule is COC(=O)CN(c1ccc(I)cc1[N+](=O)[O-])C(C)C. The number of hydrogen-bond donors (Lipinski definition) is 0. The Balaban J connectivity index is 3.22. The minimum absolute atomic E-state index is 0.00972. The summed E-state index contributed by atoms with van der Waals surface area (Å²) in [5, 5.41) is 11.1. The van der Waals surface area contributed by atoms with E-state index in [0.717, 1.165) is 3.57 Å². The van der Waals surface area contributed by atoms with Crippen molar-refractivity contribution in [2.75, 3.05) is 18.6 Å². The molecule has 0 heterocycles. The number of rotatable bonds is 5. The van der Waals surface area contributed by atoms with Gasteiger partial charge < -0.3 is 9.64 Å². The minimum Gasteiger partial charge on any atom is -0.468 e. The van der Waals surface area contributed by atoms with Crippen LogP contribution in [0, 0.1) is 13.7 Å². The molecule has 1 aromatic rings. The second-order valence-corrected chi connectivity index (χ2v) is 5.43. The molecule has 7 heteroatoms. The van der Waals surface area contributed by atoms with Gasteiger partial charge in [0.15, 0.2) is 0 Å². The van der Waals surface area contributed by atoms with E-state index in [0.29, 0.717) is 5.69 Å². The topological polar surface area (TPSA) is 72.7 Å². The third-order valence-electron chi connectivity index (χ3n) is 2.59. The predicted octanol–water partition coefficient (Wildman–Crippen LogP) is 2.59. The van der Waals surface area contributed by atoms with Crippen molar-refractivity contribution in [3.63, 3.8) is 0 Å². The number of carbonyl (C=O) groups is 1. The van der Waals surface area contributed by atoms with E-state index in [4.69, 9.17) is 0 Å². The van der Waals surface area contributed by atoms with Crippen LogP contribution in [0.3, 0.4) is 0 Å². The predicted molar refractivity (Wildman–Crippen MR) is 80.3 cm³/mol. The zero-order chi connectivity index (χ0) is 14.6. The average molecular weight is 378 g/mol. The Kier molecular flexibility index (Phi) is 5.52. The molecule has 0 aliphatic carbocycles. The maximum Gasteiger partial charge on any atom is 0.325 e. The summed E-state index contributed by atoms with van der Waals surface area (Å²) in [6.45, 7) is 3.71. The largest absolute Gasteiger partial charge is 0.468 e. The molecule has 0 amide bonds. The number of nitrogens with zero attached hydrogens (tertiary/aromatic N) is 2. The Labute approximate surface area is 125 Å². The van der Waals surface area contributed by atoms with Crippen molar-refractivity contribution in [3.05, 3.63) is 31.9 Å². The number of hydrogen-bond acceptors (Lipinski definition) is 5.